The molecule has 0 aliphatic heterocycles. The van der Waals surface area contributed by atoms with Gasteiger partial charge in [-0.2, -0.15) is 0 Å². The molecule has 0 aromatic heterocycles. The van der Waals surface area contributed by atoms with Gasteiger partial charge in [0.2, 0.25) is 0 Å². The molecule has 0 unspecified atom stereocenters. The minimum Gasteiger partial charge on any atom is -0.295 e. The van der Waals surface area contributed by atoms with Crippen molar-refractivity contribution >= 4 is 14.2 Å². The molecular formula is C10H16BO. The van der Waals surface area contributed by atoms with Gasteiger partial charge in [-0.25, -0.2) is 0 Å². The lowest BCUT2D eigenvalue weighted by atomic mass is 9.74. The van der Waals surface area contributed by atoms with Crippen LogP contribution in [0.25, 0.3) is 0 Å². The van der Waals surface area contributed by atoms with Crippen LogP contribution in [0.2, 0.25) is 0 Å². The largest absolute Gasteiger partial charge is 0.295 e. The zero-order valence-electron chi connectivity index (χ0n) is 8.40. The van der Waals surface area contributed by atoms with Crippen molar-refractivity contribution in [3.05, 3.63) is 11.1 Å². The van der Waals surface area contributed by atoms with Crippen molar-refractivity contribution < 1.29 is 4.79 Å². The van der Waals surface area contributed by atoms with Gasteiger partial charge in [-0.1, -0.05) is 19.4 Å². The summed E-state index contributed by atoms with van der Waals surface area (Å²) in [6.45, 7) is 8.31. The van der Waals surface area contributed by atoms with Crippen LogP contribution < -0.4 is 0 Å². The van der Waals surface area contributed by atoms with Gasteiger partial charge in [0.15, 0.2) is 5.78 Å². The van der Waals surface area contributed by atoms with Crippen molar-refractivity contribution in [2.45, 2.75) is 40.5 Å². The highest BCUT2D eigenvalue weighted by Crippen LogP contribution is 2.36. The van der Waals surface area contributed by atoms with E-state index in [0.29, 0.717) is 5.78 Å². The highest BCUT2D eigenvalue weighted by molar-refractivity contribution is 5.96. The maximum Gasteiger partial charge on any atom is 0.159 e. The average molecular weight is 163 g/mol. The lowest BCUT2D eigenvalue weighted by molar-refractivity contribution is -0.118. The number of carbonyl (C=O) groups is 1. The summed E-state index contributed by atoms with van der Waals surface area (Å²) in [6, 6.07) is 0. The van der Waals surface area contributed by atoms with E-state index in [1.165, 1.54) is 5.57 Å². The first-order chi connectivity index (χ1) is 4.92. The number of Topliss-reactive ketones (excluding diaryl/α,β-unsaturated/α-hetero) is 1. The summed E-state index contributed by atoms with van der Waals surface area (Å²) in [6.07, 6.45) is 1.79. The molecule has 1 aliphatic rings. The molecule has 0 aromatic carbocycles. The van der Waals surface area contributed by atoms with Crippen LogP contribution in [-0.4, -0.2) is 14.2 Å². The Bertz CT molecular complexity index is 226. The van der Waals surface area contributed by atoms with Crippen LogP contribution in [-0.2, 0) is 4.79 Å². The molecule has 1 aliphatic carbocycles. The normalized spacial score (nSPS) is 22.2. The van der Waals surface area contributed by atoms with E-state index in [1.54, 1.807) is 0 Å². The Hall–Kier alpha value is -0.525. The zero-order valence-corrected chi connectivity index (χ0v) is 8.40. The number of hydrogen-bond acceptors (Lipinski definition) is 1. The van der Waals surface area contributed by atoms with Gasteiger partial charge in [0.1, 0.15) is 0 Å². The number of ketones is 1. The van der Waals surface area contributed by atoms with Crippen molar-refractivity contribution in [3.8, 4) is 0 Å². The second kappa shape index (κ2) is 3.46. The van der Waals surface area contributed by atoms with E-state index in [0.717, 1.165) is 18.4 Å². The van der Waals surface area contributed by atoms with Crippen molar-refractivity contribution in [1.29, 1.82) is 0 Å². The summed E-state index contributed by atoms with van der Waals surface area (Å²) in [5.41, 5.74) is 2.45. The molecule has 1 nitrogen and oxygen atoms in total. The van der Waals surface area contributed by atoms with Gasteiger partial charge < -0.3 is 0 Å². The third-order valence-electron chi connectivity index (χ3n) is 2.44. The Labute approximate surface area is 76.8 Å². The van der Waals surface area contributed by atoms with Crippen molar-refractivity contribution in [3.63, 3.8) is 0 Å². The summed E-state index contributed by atoms with van der Waals surface area (Å²) >= 11 is 0. The number of allylic oxidation sites excluding steroid dienone is 2. The molecular weight excluding hydrogens is 147 g/mol. The topological polar surface area (TPSA) is 17.1 Å². The predicted molar refractivity (Wildman–Crippen MR) is 52.2 cm³/mol. The molecule has 0 N–H and O–H groups in total. The zero-order chi connectivity index (χ0) is 8.65. The number of rotatable bonds is 0. The van der Waals surface area contributed by atoms with Gasteiger partial charge in [0, 0.05) is 14.8 Å². The molecule has 2 heteroatoms. The van der Waals surface area contributed by atoms with E-state index in [9.17, 15) is 4.79 Å². The molecule has 0 atom stereocenters. The third kappa shape index (κ3) is 2.23. The Morgan fingerprint density at radius 3 is 2.08 bits per heavy atom. The van der Waals surface area contributed by atoms with E-state index in [-0.39, 0.29) is 13.8 Å². The van der Waals surface area contributed by atoms with Crippen LogP contribution in [0.1, 0.15) is 40.5 Å². The second-order valence-electron chi connectivity index (χ2n) is 4.35. The second-order valence-corrected chi connectivity index (χ2v) is 4.35. The van der Waals surface area contributed by atoms with E-state index in [4.69, 9.17) is 0 Å². The summed E-state index contributed by atoms with van der Waals surface area (Å²) in [7, 11) is 0. The van der Waals surface area contributed by atoms with Gasteiger partial charge in [-0.3, -0.25) is 4.79 Å². The molecule has 0 fully saturated rings. The first-order valence-electron chi connectivity index (χ1n) is 4.12. The van der Waals surface area contributed by atoms with Crippen LogP contribution in [0.4, 0.5) is 0 Å². The van der Waals surface area contributed by atoms with Crippen molar-refractivity contribution in [2.75, 3.05) is 0 Å². The fraction of sp³-hybridized carbons (Fsp3) is 0.700. The smallest absolute Gasteiger partial charge is 0.159 e. The molecule has 0 saturated carbocycles. The first-order valence-corrected chi connectivity index (χ1v) is 4.12. The Morgan fingerprint density at radius 2 is 1.67 bits per heavy atom. The van der Waals surface area contributed by atoms with Crippen LogP contribution in [0.5, 0.6) is 0 Å². The van der Waals surface area contributed by atoms with Gasteiger partial charge in [0.05, 0.1) is 0 Å². The SMILES string of the molecule is CC1=C(C)C(=O)CC(C)(C)C1.[B]. The highest BCUT2D eigenvalue weighted by Gasteiger charge is 2.28. The van der Waals surface area contributed by atoms with Gasteiger partial charge in [-0.15, -0.1) is 0 Å². The van der Waals surface area contributed by atoms with Gasteiger partial charge in [-0.05, 0) is 31.3 Å². The van der Waals surface area contributed by atoms with Gasteiger partial charge in [0.25, 0.3) is 0 Å². The van der Waals surface area contributed by atoms with Crippen molar-refractivity contribution in [2.24, 2.45) is 5.41 Å². The molecule has 0 bridgehead atoms. The molecule has 0 heterocycles. The minimum atomic E-state index is 0. The standard InChI is InChI=1S/C10H16O.B/c1-7-5-10(3,4)6-9(11)8(7)2;/h5-6H2,1-4H3;. The van der Waals surface area contributed by atoms with Crippen LogP contribution in [0.3, 0.4) is 0 Å². The van der Waals surface area contributed by atoms with Crippen molar-refractivity contribution in [1.82, 2.24) is 0 Å². The highest BCUT2D eigenvalue weighted by atomic mass is 16.1. The molecule has 0 amide bonds. The summed E-state index contributed by atoms with van der Waals surface area (Å²) < 4.78 is 0. The van der Waals surface area contributed by atoms with Crippen LogP contribution >= 0.6 is 0 Å². The maximum absolute atomic E-state index is 11.4. The average Bonchev–Trinajstić information content (AvgIpc) is 1.81. The molecule has 1 rings (SSSR count). The number of hydrogen-bond donors (Lipinski definition) is 0. The Balaban J connectivity index is 0.00000121. The summed E-state index contributed by atoms with van der Waals surface area (Å²) in [4.78, 5) is 11.4. The predicted octanol–water partition coefficient (Wildman–Crippen LogP) is 2.33. The molecule has 65 valence electrons. The fourth-order valence-electron chi connectivity index (χ4n) is 1.72. The number of carbonyl (C=O) groups excluding carboxylic acids is 1. The quantitative estimate of drug-likeness (QED) is 0.501. The summed E-state index contributed by atoms with van der Waals surface area (Å²) in [5.74, 6) is 0.332. The molecule has 0 saturated heterocycles. The molecule has 3 radical (unpaired) electrons. The third-order valence-corrected chi connectivity index (χ3v) is 2.44. The van der Waals surface area contributed by atoms with Gasteiger partial charge >= 0.3 is 0 Å². The molecule has 12 heavy (non-hydrogen) atoms. The monoisotopic (exact) mass is 163 g/mol. The van der Waals surface area contributed by atoms with Crippen LogP contribution in [0.15, 0.2) is 11.1 Å². The summed E-state index contributed by atoms with van der Waals surface area (Å²) in [5, 5.41) is 0. The lowest BCUT2D eigenvalue weighted by Gasteiger charge is -2.29. The Morgan fingerprint density at radius 1 is 1.17 bits per heavy atom. The van der Waals surface area contributed by atoms with E-state index >= 15 is 0 Å². The first kappa shape index (κ1) is 11.5. The molecule has 0 spiro atoms. The van der Waals surface area contributed by atoms with Crippen LogP contribution in [0, 0.1) is 5.41 Å². The maximum atomic E-state index is 11.4. The fourth-order valence-corrected chi connectivity index (χ4v) is 1.72. The van der Waals surface area contributed by atoms with E-state index < -0.39 is 0 Å². The van der Waals surface area contributed by atoms with E-state index in [2.05, 4.69) is 20.8 Å². The molecule has 0 aromatic rings. The Kier molecular flexibility index (Phi) is 3.31. The lowest BCUT2D eigenvalue weighted by Crippen LogP contribution is -2.23. The minimum absolute atomic E-state index is 0. The van der Waals surface area contributed by atoms with E-state index in [1.807, 2.05) is 6.92 Å².